The fraction of sp³-hybridized carbons (Fsp3) is 0.667. The van der Waals surface area contributed by atoms with Crippen LogP contribution in [-0.2, 0) is 0 Å². The highest BCUT2D eigenvalue weighted by Gasteiger charge is 2.25. The number of anilines is 2. The number of rotatable bonds is 6. The maximum absolute atomic E-state index is 9.50. The maximum Gasteiger partial charge on any atom is 0.226 e. The summed E-state index contributed by atoms with van der Waals surface area (Å²) in [4.78, 5) is 10.4. The third kappa shape index (κ3) is 3.30. The molecule has 0 bridgehead atoms. The number of aliphatic hydroxyl groups excluding tert-OH is 1. The Balaban J connectivity index is 2.90. The molecule has 5 nitrogen and oxygen atoms in total. The summed E-state index contributed by atoms with van der Waals surface area (Å²) < 4.78 is 0. The van der Waals surface area contributed by atoms with Crippen LogP contribution in [0, 0.1) is 0 Å². The molecule has 0 aliphatic rings. The predicted molar refractivity (Wildman–Crippen MR) is 70.4 cm³/mol. The van der Waals surface area contributed by atoms with Gasteiger partial charge in [0.25, 0.3) is 0 Å². The first-order valence-corrected chi connectivity index (χ1v) is 5.96. The van der Waals surface area contributed by atoms with Gasteiger partial charge in [-0.15, -0.1) is 0 Å². The van der Waals surface area contributed by atoms with Crippen LogP contribution < -0.4 is 10.2 Å². The molecule has 1 aromatic heterocycles. The zero-order valence-electron chi connectivity index (χ0n) is 11.1. The third-order valence-corrected chi connectivity index (χ3v) is 3.09. The van der Waals surface area contributed by atoms with E-state index in [1.807, 2.05) is 25.1 Å². The van der Waals surface area contributed by atoms with Crippen molar-refractivity contribution in [3.05, 3.63) is 12.3 Å². The first kappa shape index (κ1) is 13.7. The molecule has 96 valence electrons. The monoisotopic (exact) mass is 238 g/mol. The van der Waals surface area contributed by atoms with E-state index in [-0.39, 0.29) is 12.1 Å². The molecule has 1 aromatic rings. The molecule has 0 saturated heterocycles. The molecule has 0 aliphatic heterocycles. The van der Waals surface area contributed by atoms with E-state index in [9.17, 15) is 5.11 Å². The molecule has 0 unspecified atom stereocenters. The lowest BCUT2D eigenvalue weighted by Crippen LogP contribution is -2.41. The second-order valence-electron chi connectivity index (χ2n) is 4.41. The van der Waals surface area contributed by atoms with Gasteiger partial charge in [-0.2, -0.15) is 4.98 Å². The third-order valence-electron chi connectivity index (χ3n) is 3.09. The molecule has 0 aliphatic carbocycles. The smallest absolute Gasteiger partial charge is 0.226 e. The fourth-order valence-electron chi connectivity index (χ4n) is 1.60. The largest absolute Gasteiger partial charge is 0.394 e. The summed E-state index contributed by atoms with van der Waals surface area (Å²) in [7, 11) is 3.80. The maximum atomic E-state index is 9.50. The Morgan fingerprint density at radius 3 is 2.47 bits per heavy atom. The Labute approximate surface area is 103 Å². The van der Waals surface area contributed by atoms with Gasteiger partial charge in [-0.05, 0) is 18.9 Å². The van der Waals surface area contributed by atoms with E-state index in [4.69, 9.17) is 0 Å². The van der Waals surface area contributed by atoms with Gasteiger partial charge in [0.15, 0.2) is 0 Å². The molecule has 5 heteroatoms. The highest BCUT2D eigenvalue weighted by atomic mass is 16.3. The summed E-state index contributed by atoms with van der Waals surface area (Å²) in [6.45, 7) is 4.21. The van der Waals surface area contributed by atoms with Gasteiger partial charge < -0.3 is 15.3 Å². The van der Waals surface area contributed by atoms with Gasteiger partial charge >= 0.3 is 0 Å². The lowest BCUT2D eigenvalue weighted by molar-refractivity contribution is 0.202. The topological polar surface area (TPSA) is 61.3 Å². The molecule has 0 aromatic carbocycles. The Morgan fingerprint density at radius 1 is 1.35 bits per heavy atom. The van der Waals surface area contributed by atoms with Crippen molar-refractivity contribution in [1.29, 1.82) is 0 Å². The van der Waals surface area contributed by atoms with E-state index in [2.05, 4.69) is 29.1 Å². The molecule has 0 fully saturated rings. The van der Waals surface area contributed by atoms with Crippen LogP contribution in [0.15, 0.2) is 12.3 Å². The zero-order chi connectivity index (χ0) is 12.9. The van der Waals surface area contributed by atoms with Crippen molar-refractivity contribution >= 4 is 11.8 Å². The number of nitrogens with zero attached hydrogens (tertiary/aromatic N) is 3. The summed E-state index contributed by atoms with van der Waals surface area (Å²) >= 11 is 0. The van der Waals surface area contributed by atoms with Crippen molar-refractivity contribution in [3.8, 4) is 0 Å². The van der Waals surface area contributed by atoms with Crippen LogP contribution in [0.5, 0.6) is 0 Å². The number of hydrogen-bond acceptors (Lipinski definition) is 5. The minimum absolute atomic E-state index is 0.0985. The Morgan fingerprint density at radius 2 is 2.00 bits per heavy atom. The van der Waals surface area contributed by atoms with Crippen LogP contribution >= 0.6 is 0 Å². The van der Waals surface area contributed by atoms with Crippen LogP contribution in [0.25, 0.3) is 0 Å². The molecular formula is C12H22N4O. The zero-order valence-corrected chi connectivity index (χ0v) is 11.1. The van der Waals surface area contributed by atoms with Gasteiger partial charge in [0.2, 0.25) is 5.95 Å². The molecule has 1 heterocycles. The van der Waals surface area contributed by atoms with Crippen LogP contribution in [0.1, 0.15) is 26.7 Å². The molecule has 0 spiro atoms. The number of hydrogen-bond donors (Lipinski definition) is 2. The molecule has 1 rings (SSSR count). The number of nitrogens with one attached hydrogen (secondary N) is 1. The van der Waals surface area contributed by atoms with Crippen LogP contribution in [0.3, 0.4) is 0 Å². The van der Waals surface area contributed by atoms with Gasteiger partial charge in [0.05, 0.1) is 12.1 Å². The minimum Gasteiger partial charge on any atom is -0.394 e. The van der Waals surface area contributed by atoms with Crippen molar-refractivity contribution in [1.82, 2.24) is 9.97 Å². The van der Waals surface area contributed by atoms with E-state index in [1.54, 1.807) is 6.20 Å². The van der Waals surface area contributed by atoms with Gasteiger partial charge in [0, 0.05) is 20.3 Å². The highest BCUT2D eigenvalue weighted by Crippen LogP contribution is 2.21. The first-order valence-electron chi connectivity index (χ1n) is 5.96. The summed E-state index contributed by atoms with van der Waals surface area (Å²) in [5, 5.41) is 12.8. The lowest BCUT2D eigenvalue weighted by atomic mass is 9.94. The summed E-state index contributed by atoms with van der Waals surface area (Å²) in [5.41, 5.74) is -0.294. The van der Waals surface area contributed by atoms with E-state index in [0.29, 0.717) is 5.95 Å². The fourth-order valence-corrected chi connectivity index (χ4v) is 1.60. The average molecular weight is 238 g/mol. The van der Waals surface area contributed by atoms with E-state index >= 15 is 0 Å². The molecule has 0 saturated carbocycles. The van der Waals surface area contributed by atoms with Gasteiger partial charge in [0.1, 0.15) is 5.82 Å². The molecule has 0 radical (unpaired) electrons. The second-order valence-corrected chi connectivity index (χ2v) is 4.41. The van der Waals surface area contributed by atoms with Crippen LogP contribution in [0.4, 0.5) is 11.8 Å². The van der Waals surface area contributed by atoms with Crippen molar-refractivity contribution in [2.75, 3.05) is 30.9 Å². The van der Waals surface area contributed by atoms with E-state index in [0.717, 1.165) is 18.7 Å². The Hall–Kier alpha value is -1.36. The standard InChI is InChI=1S/C12H22N4O/c1-5-12(6-2,9-17)15-10-7-8-13-11(14-10)16(3)4/h7-8,17H,5-6,9H2,1-4H3,(H,13,14,15). The summed E-state index contributed by atoms with van der Waals surface area (Å²) in [6, 6.07) is 1.82. The van der Waals surface area contributed by atoms with Crippen molar-refractivity contribution in [3.63, 3.8) is 0 Å². The van der Waals surface area contributed by atoms with Gasteiger partial charge in [-0.1, -0.05) is 13.8 Å². The average Bonchev–Trinajstić information content (AvgIpc) is 2.36. The highest BCUT2D eigenvalue weighted by molar-refractivity contribution is 5.42. The molecular weight excluding hydrogens is 216 g/mol. The normalized spacial score (nSPS) is 11.4. The first-order chi connectivity index (χ1) is 8.06. The van der Waals surface area contributed by atoms with Gasteiger partial charge in [-0.25, -0.2) is 4.98 Å². The number of aliphatic hydroxyl groups is 1. The van der Waals surface area contributed by atoms with Gasteiger partial charge in [-0.3, -0.25) is 0 Å². The SMILES string of the molecule is CCC(CC)(CO)Nc1ccnc(N(C)C)n1. The summed E-state index contributed by atoms with van der Waals surface area (Å²) in [5.74, 6) is 1.41. The molecule has 2 N–H and O–H groups in total. The number of aromatic nitrogens is 2. The van der Waals surface area contributed by atoms with Crippen LogP contribution in [-0.4, -0.2) is 41.3 Å². The lowest BCUT2D eigenvalue weighted by Gasteiger charge is -2.31. The van der Waals surface area contributed by atoms with Crippen molar-refractivity contribution in [2.45, 2.75) is 32.2 Å². The quantitative estimate of drug-likeness (QED) is 0.786. The minimum atomic E-state index is -0.294. The Bertz CT molecular complexity index is 342. The van der Waals surface area contributed by atoms with E-state index in [1.165, 1.54) is 0 Å². The van der Waals surface area contributed by atoms with Crippen molar-refractivity contribution in [2.24, 2.45) is 0 Å². The van der Waals surface area contributed by atoms with Crippen LogP contribution in [0.2, 0.25) is 0 Å². The van der Waals surface area contributed by atoms with Crippen molar-refractivity contribution < 1.29 is 5.11 Å². The molecule has 17 heavy (non-hydrogen) atoms. The molecule has 0 amide bonds. The Kier molecular flexibility index (Phi) is 4.69. The predicted octanol–water partition coefficient (Wildman–Crippen LogP) is 1.51. The van der Waals surface area contributed by atoms with E-state index < -0.39 is 0 Å². The summed E-state index contributed by atoms with van der Waals surface area (Å²) in [6.07, 6.45) is 3.42. The molecule has 0 atom stereocenters. The second kappa shape index (κ2) is 5.82.